The second-order valence-electron chi connectivity index (χ2n) is 5.62. The lowest BCUT2D eigenvalue weighted by Crippen LogP contribution is -2.39. The van der Waals surface area contributed by atoms with E-state index in [0.717, 1.165) is 28.4 Å². The van der Waals surface area contributed by atoms with Gasteiger partial charge < -0.3 is 10.1 Å². The molecule has 124 valence electrons. The van der Waals surface area contributed by atoms with E-state index in [2.05, 4.69) is 25.9 Å². The maximum atomic E-state index is 12.2. The first-order chi connectivity index (χ1) is 11.0. The molecule has 1 aliphatic heterocycles. The molecule has 2 atom stereocenters. The summed E-state index contributed by atoms with van der Waals surface area (Å²) in [5, 5.41) is 19.2. The second kappa shape index (κ2) is 6.25. The average molecular weight is 336 g/mol. The molecule has 0 bridgehead atoms. The van der Waals surface area contributed by atoms with Crippen molar-refractivity contribution >= 4 is 22.5 Å². The first-order valence-electron chi connectivity index (χ1n) is 7.45. The molecule has 0 aliphatic carbocycles. The van der Waals surface area contributed by atoms with Crippen LogP contribution in [0.1, 0.15) is 34.5 Å². The summed E-state index contributed by atoms with van der Waals surface area (Å²) in [7, 11) is 1.91. The zero-order valence-electron chi connectivity index (χ0n) is 13.6. The number of aromatic nitrogens is 4. The number of hydrogen-bond acceptors (Lipinski definition) is 6. The third-order valence-electron chi connectivity index (χ3n) is 4.00. The number of rotatable bonds is 3. The fraction of sp³-hybridized carbons (Fsp3) is 0.571. The topological polar surface area (TPSA) is 94.0 Å². The molecule has 1 saturated heterocycles. The Balaban J connectivity index is 1.70. The number of nitrogens with zero attached hydrogens (tertiary/aromatic N) is 4. The maximum Gasteiger partial charge on any atom is 0.321 e. The van der Waals surface area contributed by atoms with Gasteiger partial charge in [-0.3, -0.25) is 10.00 Å². The molecule has 1 fully saturated rings. The van der Waals surface area contributed by atoms with Gasteiger partial charge in [0.05, 0.1) is 11.7 Å². The number of urea groups is 1. The standard InChI is InChI=1S/C14H20N6O2S/c1-7-11(8(2)20(4)19-7)12-10(5-6-22-12)15-13(21)16-14-18-17-9(3)23-14/h10,12H,5-6H2,1-4H3,(H2,15,16,18,21)/t10-,12-/m0/s1. The van der Waals surface area contributed by atoms with Crippen molar-refractivity contribution in [1.82, 2.24) is 25.3 Å². The minimum absolute atomic E-state index is 0.0920. The van der Waals surface area contributed by atoms with Crippen LogP contribution in [-0.2, 0) is 11.8 Å². The predicted octanol–water partition coefficient (Wildman–Crippen LogP) is 1.85. The molecule has 9 heteroatoms. The van der Waals surface area contributed by atoms with Gasteiger partial charge in [0.2, 0.25) is 5.13 Å². The number of nitrogens with one attached hydrogen (secondary N) is 2. The van der Waals surface area contributed by atoms with Crippen LogP contribution in [-0.4, -0.2) is 38.7 Å². The van der Waals surface area contributed by atoms with Crippen molar-refractivity contribution in [2.75, 3.05) is 11.9 Å². The molecule has 0 radical (unpaired) electrons. The van der Waals surface area contributed by atoms with Crippen LogP contribution >= 0.6 is 11.3 Å². The van der Waals surface area contributed by atoms with Crippen molar-refractivity contribution in [3.63, 3.8) is 0 Å². The van der Waals surface area contributed by atoms with Crippen molar-refractivity contribution in [3.8, 4) is 0 Å². The highest BCUT2D eigenvalue weighted by Crippen LogP contribution is 2.33. The summed E-state index contributed by atoms with van der Waals surface area (Å²) in [4.78, 5) is 12.2. The van der Waals surface area contributed by atoms with E-state index in [1.807, 2.05) is 32.5 Å². The van der Waals surface area contributed by atoms with Gasteiger partial charge in [0.15, 0.2) is 0 Å². The van der Waals surface area contributed by atoms with Crippen molar-refractivity contribution in [2.24, 2.45) is 7.05 Å². The van der Waals surface area contributed by atoms with Crippen molar-refractivity contribution in [2.45, 2.75) is 39.3 Å². The Labute approximate surface area is 138 Å². The summed E-state index contributed by atoms with van der Waals surface area (Å²) >= 11 is 1.34. The van der Waals surface area contributed by atoms with E-state index in [9.17, 15) is 4.79 Å². The van der Waals surface area contributed by atoms with Gasteiger partial charge >= 0.3 is 6.03 Å². The van der Waals surface area contributed by atoms with E-state index in [4.69, 9.17) is 4.74 Å². The van der Waals surface area contributed by atoms with E-state index < -0.39 is 0 Å². The number of amides is 2. The molecule has 2 N–H and O–H groups in total. The Morgan fingerprint density at radius 1 is 1.35 bits per heavy atom. The van der Waals surface area contributed by atoms with E-state index in [0.29, 0.717) is 11.7 Å². The minimum Gasteiger partial charge on any atom is -0.371 e. The van der Waals surface area contributed by atoms with Gasteiger partial charge in [-0.25, -0.2) is 4.79 Å². The summed E-state index contributed by atoms with van der Waals surface area (Å²) in [5.41, 5.74) is 3.05. The number of aryl methyl sites for hydroxylation is 3. The molecule has 2 aromatic rings. The number of ether oxygens (including phenoxy) is 1. The van der Waals surface area contributed by atoms with Gasteiger partial charge in [-0.2, -0.15) is 5.10 Å². The highest BCUT2D eigenvalue weighted by atomic mass is 32.1. The van der Waals surface area contributed by atoms with Crippen LogP contribution in [0.25, 0.3) is 0 Å². The molecule has 0 saturated carbocycles. The Kier molecular flexibility index (Phi) is 4.31. The van der Waals surface area contributed by atoms with Crippen LogP contribution in [0.15, 0.2) is 0 Å². The molecular formula is C14H20N6O2S. The number of carbonyl (C=O) groups is 1. The zero-order chi connectivity index (χ0) is 16.6. The van der Waals surface area contributed by atoms with Crippen molar-refractivity contribution in [3.05, 3.63) is 22.0 Å². The first-order valence-corrected chi connectivity index (χ1v) is 8.26. The van der Waals surface area contributed by atoms with E-state index in [-0.39, 0.29) is 18.2 Å². The first kappa shape index (κ1) is 15.9. The summed E-state index contributed by atoms with van der Waals surface area (Å²) in [6.07, 6.45) is 0.590. The zero-order valence-corrected chi connectivity index (χ0v) is 14.4. The Bertz CT molecular complexity index is 725. The van der Waals surface area contributed by atoms with Crippen LogP contribution < -0.4 is 10.6 Å². The molecule has 2 aromatic heterocycles. The van der Waals surface area contributed by atoms with Gasteiger partial charge in [0.25, 0.3) is 0 Å². The van der Waals surface area contributed by atoms with E-state index >= 15 is 0 Å². The van der Waals surface area contributed by atoms with Gasteiger partial charge in [0, 0.05) is 24.9 Å². The van der Waals surface area contributed by atoms with Gasteiger partial charge in [-0.05, 0) is 27.2 Å². The number of anilines is 1. The van der Waals surface area contributed by atoms with Gasteiger partial charge in [0.1, 0.15) is 11.1 Å². The lowest BCUT2D eigenvalue weighted by Gasteiger charge is -2.20. The molecule has 2 amide bonds. The summed E-state index contributed by atoms with van der Waals surface area (Å²) in [6, 6.07) is -0.383. The van der Waals surface area contributed by atoms with Crippen molar-refractivity contribution < 1.29 is 9.53 Å². The second-order valence-corrected chi connectivity index (χ2v) is 6.80. The third kappa shape index (κ3) is 3.20. The Morgan fingerprint density at radius 3 is 2.74 bits per heavy atom. The Morgan fingerprint density at radius 2 is 2.13 bits per heavy atom. The van der Waals surface area contributed by atoms with Crippen LogP contribution in [0, 0.1) is 20.8 Å². The highest BCUT2D eigenvalue weighted by molar-refractivity contribution is 7.15. The molecule has 1 aliphatic rings. The van der Waals surface area contributed by atoms with E-state index in [1.165, 1.54) is 11.3 Å². The maximum absolute atomic E-state index is 12.2. The fourth-order valence-electron chi connectivity index (χ4n) is 2.87. The SMILES string of the molecule is Cc1nnc(NC(=O)N[C@H]2CCO[C@@H]2c2c(C)nn(C)c2C)s1. The number of hydrogen-bond donors (Lipinski definition) is 2. The van der Waals surface area contributed by atoms with E-state index in [1.54, 1.807) is 0 Å². The Hall–Kier alpha value is -2.00. The lowest BCUT2D eigenvalue weighted by molar-refractivity contribution is 0.0993. The average Bonchev–Trinajstić information content (AvgIpc) is 3.14. The predicted molar refractivity (Wildman–Crippen MR) is 86.6 cm³/mol. The molecular weight excluding hydrogens is 316 g/mol. The van der Waals surface area contributed by atoms with Gasteiger partial charge in [-0.1, -0.05) is 11.3 Å². The normalized spacial score (nSPS) is 20.7. The van der Waals surface area contributed by atoms with Crippen LogP contribution in [0.3, 0.4) is 0 Å². The fourth-order valence-corrected chi connectivity index (χ4v) is 3.46. The molecule has 0 unspecified atom stereocenters. The minimum atomic E-state index is -0.291. The quantitative estimate of drug-likeness (QED) is 0.892. The summed E-state index contributed by atoms with van der Waals surface area (Å²) in [5.74, 6) is 0. The van der Waals surface area contributed by atoms with Crippen LogP contribution in [0.4, 0.5) is 9.93 Å². The molecule has 0 aromatic carbocycles. The molecule has 8 nitrogen and oxygen atoms in total. The van der Waals surface area contributed by atoms with Crippen molar-refractivity contribution in [1.29, 1.82) is 0 Å². The molecule has 3 heterocycles. The van der Waals surface area contributed by atoms with Crippen LogP contribution in [0.5, 0.6) is 0 Å². The highest BCUT2D eigenvalue weighted by Gasteiger charge is 2.34. The lowest BCUT2D eigenvalue weighted by atomic mass is 10.0. The largest absolute Gasteiger partial charge is 0.371 e. The van der Waals surface area contributed by atoms with Crippen LogP contribution in [0.2, 0.25) is 0 Å². The summed E-state index contributed by atoms with van der Waals surface area (Å²) < 4.78 is 7.70. The smallest absolute Gasteiger partial charge is 0.321 e. The molecule has 23 heavy (non-hydrogen) atoms. The third-order valence-corrected chi connectivity index (χ3v) is 4.76. The summed E-state index contributed by atoms with van der Waals surface area (Å²) in [6.45, 7) is 6.43. The molecule has 0 spiro atoms. The van der Waals surface area contributed by atoms with Gasteiger partial charge in [-0.15, -0.1) is 10.2 Å². The molecule has 3 rings (SSSR count). The number of carbonyl (C=O) groups excluding carboxylic acids is 1. The monoisotopic (exact) mass is 336 g/mol.